The van der Waals surface area contributed by atoms with Crippen LogP contribution in [0.3, 0.4) is 0 Å². The maximum atomic E-state index is 9.23. The highest BCUT2D eigenvalue weighted by Gasteiger charge is 2.45. The standard InChI is InChI=1S/C53H34N4O/c54-35-36-23-25-37(26-24-36)38-27-29-40(30-28-38)51-55-50(39-13-4-1-5-14-39)56-52(57-51)43-16-12-15-41(33-43)42-31-32-47-49(34-42)58-48-22-11-10-21-46(48)53(47,44-17-6-2-7-18-44)45-19-8-3-9-20-45/h1-34H. The fourth-order valence-corrected chi connectivity index (χ4v) is 8.13. The molecule has 1 aliphatic rings. The molecule has 5 heteroatoms. The summed E-state index contributed by atoms with van der Waals surface area (Å²) in [6.07, 6.45) is 0. The Morgan fingerprint density at radius 3 is 1.45 bits per heavy atom. The molecule has 0 radical (unpaired) electrons. The van der Waals surface area contributed by atoms with E-state index in [2.05, 4.69) is 133 Å². The first-order valence-corrected chi connectivity index (χ1v) is 19.2. The van der Waals surface area contributed by atoms with Crippen molar-refractivity contribution in [2.24, 2.45) is 0 Å². The quantitative estimate of drug-likeness (QED) is 0.163. The third-order valence-corrected chi connectivity index (χ3v) is 10.9. The molecule has 0 saturated heterocycles. The van der Waals surface area contributed by atoms with Gasteiger partial charge in [0.05, 0.1) is 17.0 Å². The van der Waals surface area contributed by atoms with E-state index in [9.17, 15) is 5.26 Å². The molecule has 0 saturated carbocycles. The van der Waals surface area contributed by atoms with Gasteiger partial charge in [-0.1, -0.05) is 176 Å². The van der Waals surface area contributed by atoms with Gasteiger partial charge in [-0.2, -0.15) is 5.26 Å². The van der Waals surface area contributed by atoms with Crippen LogP contribution in [0.1, 0.15) is 27.8 Å². The van der Waals surface area contributed by atoms with Crippen molar-refractivity contribution in [1.29, 1.82) is 5.26 Å². The van der Waals surface area contributed by atoms with Gasteiger partial charge in [0.15, 0.2) is 17.5 Å². The highest BCUT2D eigenvalue weighted by atomic mass is 16.5. The zero-order valence-corrected chi connectivity index (χ0v) is 31.3. The minimum atomic E-state index is -0.581. The van der Waals surface area contributed by atoms with E-state index in [0.29, 0.717) is 23.0 Å². The number of hydrogen-bond donors (Lipinski definition) is 0. The predicted molar refractivity (Wildman–Crippen MR) is 230 cm³/mol. The molecule has 0 atom stereocenters. The molecule has 58 heavy (non-hydrogen) atoms. The van der Waals surface area contributed by atoms with Crippen LogP contribution in [0.5, 0.6) is 11.5 Å². The van der Waals surface area contributed by atoms with Gasteiger partial charge in [0.1, 0.15) is 11.5 Å². The molecule has 10 rings (SSSR count). The Morgan fingerprint density at radius 1 is 0.362 bits per heavy atom. The summed E-state index contributed by atoms with van der Waals surface area (Å²) < 4.78 is 6.78. The van der Waals surface area contributed by atoms with Gasteiger partial charge in [0.25, 0.3) is 0 Å². The molecule has 5 nitrogen and oxygen atoms in total. The van der Waals surface area contributed by atoms with E-state index in [0.717, 1.165) is 61.6 Å². The third kappa shape index (κ3) is 6.10. The van der Waals surface area contributed by atoms with Crippen LogP contribution in [0, 0.1) is 11.3 Å². The Hall–Kier alpha value is -7.94. The zero-order chi connectivity index (χ0) is 38.9. The average Bonchev–Trinajstić information content (AvgIpc) is 3.31. The molecule has 2 heterocycles. The highest BCUT2D eigenvalue weighted by molar-refractivity contribution is 5.77. The number of para-hydroxylation sites is 1. The first-order valence-electron chi connectivity index (χ1n) is 19.2. The van der Waals surface area contributed by atoms with Crippen molar-refractivity contribution in [3.63, 3.8) is 0 Å². The number of benzene rings is 8. The topological polar surface area (TPSA) is 71.7 Å². The monoisotopic (exact) mass is 742 g/mol. The van der Waals surface area contributed by atoms with E-state index in [1.807, 2.05) is 78.9 Å². The highest BCUT2D eigenvalue weighted by Crippen LogP contribution is 2.55. The molecule has 1 aromatic heterocycles. The van der Waals surface area contributed by atoms with Crippen molar-refractivity contribution in [3.05, 3.63) is 234 Å². The van der Waals surface area contributed by atoms with Crippen molar-refractivity contribution >= 4 is 0 Å². The van der Waals surface area contributed by atoms with Gasteiger partial charge in [-0.3, -0.25) is 0 Å². The van der Waals surface area contributed by atoms with E-state index in [4.69, 9.17) is 19.7 Å². The van der Waals surface area contributed by atoms with Crippen LogP contribution in [0.15, 0.2) is 206 Å². The lowest BCUT2D eigenvalue weighted by atomic mass is 9.63. The lowest BCUT2D eigenvalue weighted by molar-refractivity contribution is 0.435. The summed E-state index contributed by atoms with van der Waals surface area (Å²) in [5, 5.41) is 9.23. The fraction of sp³-hybridized carbons (Fsp3) is 0.0189. The van der Waals surface area contributed by atoms with Gasteiger partial charge in [-0.25, -0.2) is 15.0 Å². The first-order chi connectivity index (χ1) is 28.7. The van der Waals surface area contributed by atoms with Gasteiger partial charge in [-0.15, -0.1) is 0 Å². The van der Waals surface area contributed by atoms with Crippen LogP contribution < -0.4 is 4.74 Å². The second kappa shape index (κ2) is 14.6. The lowest BCUT2D eigenvalue weighted by Gasteiger charge is -2.41. The third-order valence-electron chi connectivity index (χ3n) is 10.9. The second-order valence-corrected chi connectivity index (χ2v) is 14.3. The Labute approximate surface area is 337 Å². The summed E-state index contributed by atoms with van der Waals surface area (Å²) in [7, 11) is 0. The van der Waals surface area contributed by atoms with E-state index in [1.165, 1.54) is 11.1 Å². The lowest BCUT2D eigenvalue weighted by Crippen LogP contribution is -2.34. The summed E-state index contributed by atoms with van der Waals surface area (Å²) in [6.45, 7) is 0. The summed E-state index contributed by atoms with van der Waals surface area (Å²) in [6, 6.07) is 72.7. The van der Waals surface area contributed by atoms with Crippen LogP contribution in [-0.4, -0.2) is 15.0 Å². The summed E-state index contributed by atoms with van der Waals surface area (Å²) >= 11 is 0. The first kappa shape index (κ1) is 34.5. The molecule has 9 aromatic rings. The van der Waals surface area contributed by atoms with Crippen molar-refractivity contribution < 1.29 is 4.74 Å². The summed E-state index contributed by atoms with van der Waals surface area (Å²) in [5.41, 5.74) is 11.4. The normalized spacial score (nSPS) is 12.4. The molecule has 1 aliphatic heterocycles. The molecule has 0 bridgehead atoms. The fourth-order valence-electron chi connectivity index (χ4n) is 8.13. The largest absolute Gasteiger partial charge is 0.457 e. The van der Waals surface area contributed by atoms with E-state index in [-0.39, 0.29) is 0 Å². The number of hydrogen-bond acceptors (Lipinski definition) is 5. The molecular formula is C53H34N4O. The van der Waals surface area contributed by atoms with Gasteiger partial charge < -0.3 is 4.74 Å². The minimum absolute atomic E-state index is 0.581. The molecule has 0 unspecified atom stereocenters. The number of fused-ring (bicyclic) bond motifs is 2. The van der Waals surface area contributed by atoms with Crippen molar-refractivity contribution in [1.82, 2.24) is 15.0 Å². The number of nitriles is 1. The predicted octanol–water partition coefficient (Wildman–Crippen LogP) is 12.6. The van der Waals surface area contributed by atoms with E-state index >= 15 is 0 Å². The van der Waals surface area contributed by atoms with E-state index in [1.54, 1.807) is 0 Å². The SMILES string of the molecule is N#Cc1ccc(-c2ccc(-c3nc(-c4ccccc4)nc(-c4cccc(-c5ccc6c(c5)Oc5ccccc5C6(c5ccccc5)c5ccccc5)c4)n3)cc2)cc1. The van der Waals surface area contributed by atoms with Crippen molar-refractivity contribution in [2.45, 2.75) is 5.41 Å². The number of aromatic nitrogens is 3. The molecule has 0 amide bonds. The van der Waals surface area contributed by atoms with Gasteiger partial charge >= 0.3 is 0 Å². The molecular weight excluding hydrogens is 709 g/mol. The molecule has 8 aromatic carbocycles. The smallest absolute Gasteiger partial charge is 0.164 e. The van der Waals surface area contributed by atoms with Gasteiger partial charge in [-0.05, 0) is 63.7 Å². The Morgan fingerprint density at radius 2 is 0.810 bits per heavy atom. The number of nitrogens with zero attached hydrogens (tertiary/aromatic N) is 4. The Kier molecular flexibility index (Phi) is 8.70. The zero-order valence-electron chi connectivity index (χ0n) is 31.3. The molecule has 0 aliphatic carbocycles. The summed E-state index contributed by atoms with van der Waals surface area (Å²) in [5.74, 6) is 3.41. The summed E-state index contributed by atoms with van der Waals surface area (Å²) in [4.78, 5) is 15.0. The average molecular weight is 743 g/mol. The second-order valence-electron chi connectivity index (χ2n) is 14.3. The molecule has 0 spiro atoms. The van der Waals surface area contributed by atoms with Crippen LogP contribution >= 0.6 is 0 Å². The Balaban J connectivity index is 1.07. The van der Waals surface area contributed by atoms with Crippen LogP contribution in [0.25, 0.3) is 56.4 Å². The van der Waals surface area contributed by atoms with E-state index < -0.39 is 5.41 Å². The van der Waals surface area contributed by atoms with Gasteiger partial charge in [0, 0.05) is 27.8 Å². The maximum Gasteiger partial charge on any atom is 0.164 e. The van der Waals surface area contributed by atoms with Crippen LogP contribution in [0.4, 0.5) is 0 Å². The molecule has 0 fully saturated rings. The minimum Gasteiger partial charge on any atom is -0.457 e. The Bertz CT molecular complexity index is 2920. The van der Waals surface area contributed by atoms with Crippen molar-refractivity contribution in [3.8, 4) is 74.0 Å². The molecule has 272 valence electrons. The van der Waals surface area contributed by atoms with Crippen molar-refractivity contribution in [2.75, 3.05) is 0 Å². The maximum absolute atomic E-state index is 9.23. The molecule has 0 N–H and O–H groups in total. The number of rotatable bonds is 7. The van der Waals surface area contributed by atoms with Crippen LogP contribution in [0.2, 0.25) is 0 Å². The van der Waals surface area contributed by atoms with Gasteiger partial charge in [0.2, 0.25) is 0 Å². The number of ether oxygens (including phenoxy) is 1. The van der Waals surface area contributed by atoms with Crippen LogP contribution in [-0.2, 0) is 5.41 Å².